The second kappa shape index (κ2) is 6.16. The van der Waals surface area contributed by atoms with Crippen LogP contribution in [0.25, 0.3) is 0 Å². The first-order chi connectivity index (χ1) is 11.0. The Bertz CT molecular complexity index is 721. The molecule has 0 saturated carbocycles. The van der Waals surface area contributed by atoms with Crippen LogP contribution in [0.4, 0.5) is 10.5 Å². The van der Waals surface area contributed by atoms with Crippen molar-refractivity contribution in [3.8, 4) is 0 Å². The average molecular weight is 313 g/mol. The lowest BCUT2D eigenvalue weighted by atomic mass is 10.1. The zero-order valence-electron chi connectivity index (χ0n) is 13.1. The number of carbonyl (C=O) groups is 2. The van der Waals surface area contributed by atoms with Gasteiger partial charge in [-0.15, -0.1) is 0 Å². The highest BCUT2D eigenvalue weighted by Crippen LogP contribution is 2.19. The molecule has 1 aromatic heterocycles. The van der Waals surface area contributed by atoms with Gasteiger partial charge in [-0.1, -0.05) is 0 Å². The number of carbonyl (C=O) groups excluding carboxylic acids is 2. The maximum atomic E-state index is 12.3. The number of benzene rings is 1. The second-order valence-electron chi connectivity index (χ2n) is 5.57. The van der Waals surface area contributed by atoms with Gasteiger partial charge in [0.1, 0.15) is 11.5 Å². The van der Waals surface area contributed by atoms with Gasteiger partial charge in [0.15, 0.2) is 0 Å². The molecule has 3 rings (SSSR count). The zero-order valence-corrected chi connectivity index (χ0v) is 13.1. The fourth-order valence-electron chi connectivity index (χ4n) is 2.55. The highest BCUT2D eigenvalue weighted by molar-refractivity contribution is 5.97. The van der Waals surface area contributed by atoms with Crippen molar-refractivity contribution in [3.05, 3.63) is 53.5 Å². The van der Waals surface area contributed by atoms with Crippen molar-refractivity contribution in [2.45, 2.75) is 19.9 Å². The lowest BCUT2D eigenvalue weighted by Crippen LogP contribution is -2.28. The Labute approximate surface area is 134 Å². The molecule has 0 aliphatic carbocycles. The molecule has 1 fully saturated rings. The summed E-state index contributed by atoms with van der Waals surface area (Å²) in [6.45, 7) is 5.02. The predicted molar refractivity (Wildman–Crippen MR) is 86.5 cm³/mol. The fourth-order valence-corrected chi connectivity index (χ4v) is 2.55. The number of amides is 3. The van der Waals surface area contributed by atoms with E-state index in [4.69, 9.17) is 4.42 Å². The van der Waals surface area contributed by atoms with Crippen molar-refractivity contribution in [3.63, 3.8) is 0 Å². The van der Waals surface area contributed by atoms with Crippen molar-refractivity contribution < 1.29 is 14.0 Å². The molecule has 1 atom stereocenters. The van der Waals surface area contributed by atoms with Crippen LogP contribution in [-0.2, 0) is 0 Å². The average Bonchev–Trinajstić information content (AvgIpc) is 3.16. The van der Waals surface area contributed by atoms with Crippen molar-refractivity contribution in [1.82, 2.24) is 10.6 Å². The SMILES string of the molecule is Cc1ccc([C@H](C)NC(=O)c2ccc(N3CCNC3=O)cc2)o1. The maximum absolute atomic E-state index is 12.3. The van der Waals surface area contributed by atoms with Gasteiger partial charge < -0.3 is 15.1 Å². The number of anilines is 1. The fraction of sp³-hybridized carbons (Fsp3) is 0.294. The van der Waals surface area contributed by atoms with Crippen LogP contribution in [-0.4, -0.2) is 25.0 Å². The largest absolute Gasteiger partial charge is 0.464 e. The van der Waals surface area contributed by atoms with Crippen molar-refractivity contribution >= 4 is 17.6 Å². The third-order valence-electron chi connectivity index (χ3n) is 3.83. The molecule has 2 heterocycles. The van der Waals surface area contributed by atoms with E-state index in [0.717, 1.165) is 17.2 Å². The summed E-state index contributed by atoms with van der Waals surface area (Å²) >= 11 is 0. The zero-order chi connectivity index (χ0) is 16.4. The molecular formula is C17H19N3O3. The van der Waals surface area contributed by atoms with Gasteiger partial charge in [0.25, 0.3) is 5.91 Å². The van der Waals surface area contributed by atoms with E-state index in [0.29, 0.717) is 18.7 Å². The number of rotatable bonds is 4. The minimum atomic E-state index is -0.208. The van der Waals surface area contributed by atoms with E-state index in [2.05, 4.69) is 10.6 Å². The second-order valence-corrected chi connectivity index (χ2v) is 5.57. The summed E-state index contributed by atoms with van der Waals surface area (Å²) in [5.41, 5.74) is 1.33. The smallest absolute Gasteiger partial charge is 0.321 e. The summed E-state index contributed by atoms with van der Waals surface area (Å²) < 4.78 is 5.51. The van der Waals surface area contributed by atoms with E-state index in [9.17, 15) is 9.59 Å². The van der Waals surface area contributed by atoms with Gasteiger partial charge in [-0.3, -0.25) is 9.69 Å². The Morgan fingerprint density at radius 2 is 2.00 bits per heavy atom. The first kappa shape index (κ1) is 15.1. The number of furan rings is 1. The molecule has 2 aromatic rings. The summed E-state index contributed by atoms with van der Waals surface area (Å²) in [5.74, 6) is 1.36. The number of urea groups is 1. The van der Waals surface area contributed by atoms with Crippen molar-refractivity contribution in [2.24, 2.45) is 0 Å². The van der Waals surface area contributed by atoms with E-state index in [1.54, 1.807) is 29.2 Å². The molecule has 3 amide bonds. The maximum Gasteiger partial charge on any atom is 0.321 e. The Hall–Kier alpha value is -2.76. The Kier molecular flexibility index (Phi) is 4.06. The Morgan fingerprint density at radius 1 is 1.26 bits per heavy atom. The predicted octanol–water partition coefficient (Wildman–Crippen LogP) is 2.61. The van der Waals surface area contributed by atoms with Gasteiger partial charge in [-0.05, 0) is 50.2 Å². The molecule has 0 bridgehead atoms. The van der Waals surface area contributed by atoms with Crippen molar-refractivity contribution in [1.29, 1.82) is 0 Å². The quantitative estimate of drug-likeness (QED) is 0.911. The lowest BCUT2D eigenvalue weighted by molar-refractivity contribution is 0.0935. The van der Waals surface area contributed by atoms with E-state index in [-0.39, 0.29) is 18.0 Å². The topological polar surface area (TPSA) is 74.6 Å². The monoisotopic (exact) mass is 313 g/mol. The highest BCUT2D eigenvalue weighted by atomic mass is 16.3. The van der Waals surface area contributed by atoms with Gasteiger partial charge in [-0.2, -0.15) is 0 Å². The summed E-state index contributed by atoms with van der Waals surface area (Å²) in [6, 6.07) is 10.4. The molecule has 0 spiro atoms. The Morgan fingerprint density at radius 3 is 2.57 bits per heavy atom. The molecule has 1 aromatic carbocycles. The molecule has 23 heavy (non-hydrogen) atoms. The van der Waals surface area contributed by atoms with Crippen LogP contribution >= 0.6 is 0 Å². The molecule has 1 aliphatic heterocycles. The van der Waals surface area contributed by atoms with E-state index >= 15 is 0 Å². The van der Waals surface area contributed by atoms with Gasteiger partial charge in [0, 0.05) is 24.3 Å². The number of aryl methyl sites for hydroxylation is 1. The molecule has 6 nitrogen and oxygen atoms in total. The molecule has 2 N–H and O–H groups in total. The summed E-state index contributed by atoms with van der Waals surface area (Å²) in [5, 5.41) is 5.65. The minimum absolute atomic E-state index is 0.107. The molecule has 0 radical (unpaired) electrons. The van der Waals surface area contributed by atoms with Crippen molar-refractivity contribution in [2.75, 3.05) is 18.0 Å². The number of hydrogen-bond acceptors (Lipinski definition) is 3. The van der Waals surface area contributed by atoms with Gasteiger partial charge in [-0.25, -0.2) is 4.79 Å². The van der Waals surface area contributed by atoms with E-state index in [1.165, 1.54) is 0 Å². The van der Waals surface area contributed by atoms with E-state index < -0.39 is 0 Å². The summed E-state index contributed by atoms with van der Waals surface area (Å²) in [4.78, 5) is 25.6. The Balaban J connectivity index is 1.67. The molecular weight excluding hydrogens is 294 g/mol. The number of hydrogen-bond donors (Lipinski definition) is 2. The normalized spacial score (nSPS) is 15.4. The van der Waals surface area contributed by atoms with Crippen LogP contribution in [0.1, 0.15) is 34.8 Å². The standard InChI is InChI=1S/C17H19N3O3/c1-11-3-8-15(23-11)12(2)19-16(21)13-4-6-14(7-5-13)20-10-9-18-17(20)22/h3-8,12H,9-10H2,1-2H3,(H,18,22)(H,19,21)/t12-/m0/s1. The lowest BCUT2D eigenvalue weighted by Gasteiger charge is -2.15. The third kappa shape index (κ3) is 3.21. The summed E-state index contributed by atoms with van der Waals surface area (Å²) in [6.07, 6.45) is 0. The van der Waals surface area contributed by atoms with Crippen LogP contribution in [0.5, 0.6) is 0 Å². The molecule has 0 unspecified atom stereocenters. The van der Waals surface area contributed by atoms with Gasteiger partial charge in [0.2, 0.25) is 0 Å². The van der Waals surface area contributed by atoms with Gasteiger partial charge >= 0.3 is 6.03 Å². The van der Waals surface area contributed by atoms with Crippen LogP contribution in [0.15, 0.2) is 40.8 Å². The number of nitrogens with zero attached hydrogens (tertiary/aromatic N) is 1. The molecule has 120 valence electrons. The molecule has 1 aliphatic rings. The minimum Gasteiger partial charge on any atom is -0.464 e. The van der Waals surface area contributed by atoms with Crippen LogP contribution in [0.2, 0.25) is 0 Å². The molecule has 1 saturated heterocycles. The van der Waals surface area contributed by atoms with Crippen LogP contribution in [0.3, 0.4) is 0 Å². The van der Waals surface area contributed by atoms with E-state index in [1.807, 2.05) is 26.0 Å². The first-order valence-electron chi connectivity index (χ1n) is 7.57. The third-order valence-corrected chi connectivity index (χ3v) is 3.83. The van der Waals surface area contributed by atoms with Crippen LogP contribution in [0, 0.1) is 6.92 Å². The summed E-state index contributed by atoms with van der Waals surface area (Å²) in [7, 11) is 0. The van der Waals surface area contributed by atoms with Crippen LogP contribution < -0.4 is 15.5 Å². The molecule has 6 heteroatoms. The number of nitrogens with one attached hydrogen (secondary N) is 2. The highest BCUT2D eigenvalue weighted by Gasteiger charge is 2.21. The first-order valence-corrected chi connectivity index (χ1v) is 7.57. The van der Waals surface area contributed by atoms with Gasteiger partial charge in [0.05, 0.1) is 6.04 Å².